The lowest BCUT2D eigenvalue weighted by Crippen LogP contribution is -1.99. The second kappa shape index (κ2) is 5.62. The first kappa shape index (κ1) is 14.1. The standard InChI is InChI=1S/C17H15N7/c18-15-14-16(24-17(19)23-15)22-13(21-14)9-10-4-6-11(7-5-10)12-3-1-2-8-20-12/h1-8H,9H2,(H5,18,19,21,22,23,24). The minimum absolute atomic E-state index is 0.123. The highest BCUT2D eigenvalue weighted by Gasteiger charge is 2.10. The summed E-state index contributed by atoms with van der Waals surface area (Å²) in [7, 11) is 0. The third-order valence-electron chi connectivity index (χ3n) is 3.73. The molecule has 0 aliphatic heterocycles. The number of nitrogens with two attached hydrogens (primary N) is 2. The molecule has 3 heterocycles. The molecule has 0 unspecified atom stereocenters. The Bertz CT molecular complexity index is 991. The quantitative estimate of drug-likeness (QED) is 0.532. The van der Waals surface area contributed by atoms with Crippen molar-refractivity contribution >= 4 is 22.9 Å². The largest absolute Gasteiger partial charge is 0.382 e. The van der Waals surface area contributed by atoms with E-state index in [1.807, 2.05) is 30.3 Å². The highest BCUT2D eigenvalue weighted by Crippen LogP contribution is 2.20. The van der Waals surface area contributed by atoms with Crippen LogP contribution in [-0.2, 0) is 6.42 Å². The third-order valence-corrected chi connectivity index (χ3v) is 3.73. The van der Waals surface area contributed by atoms with Crippen molar-refractivity contribution in [1.82, 2.24) is 24.9 Å². The molecule has 3 aromatic heterocycles. The molecule has 0 radical (unpaired) electrons. The lowest BCUT2D eigenvalue weighted by molar-refractivity contribution is 1.03. The number of nitrogens with one attached hydrogen (secondary N) is 1. The van der Waals surface area contributed by atoms with Crippen LogP contribution in [0.15, 0.2) is 48.7 Å². The molecule has 7 nitrogen and oxygen atoms in total. The molecule has 0 aliphatic rings. The maximum absolute atomic E-state index is 5.84. The number of aromatic nitrogens is 5. The monoisotopic (exact) mass is 317 g/mol. The summed E-state index contributed by atoms with van der Waals surface area (Å²) in [5.74, 6) is 1.20. The van der Waals surface area contributed by atoms with Crippen LogP contribution in [0.1, 0.15) is 11.4 Å². The molecule has 0 amide bonds. The highest BCUT2D eigenvalue weighted by atomic mass is 15.1. The second-order valence-electron chi connectivity index (χ2n) is 5.44. The number of aromatic amines is 1. The molecule has 0 aliphatic carbocycles. The number of fused-ring (bicyclic) bond motifs is 1. The minimum atomic E-state index is 0.123. The molecular formula is C17H15N7. The smallest absolute Gasteiger partial charge is 0.224 e. The number of anilines is 2. The number of H-pyrrole nitrogens is 1. The Labute approximate surface area is 137 Å². The van der Waals surface area contributed by atoms with E-state index in [0.29, 0.717) is 23.4 Å². The summed E-state index contributed by atoms with van der Waals surface area (Å²) < 4.78 is 0. The Morgan fingerprint density at radius 2 is 1.75 bits per heavy atom. The van der Waals surface area contributed by atoms with Crippen LogP contribution < -0.4 is 11.5 Å². The maximum Gasteiger partial charge on any atom is 0.224 e. The van der Waals surface area contributed by atoms with Crippen molar-refractivity contribution in [1.29, 1.82) is 0 Å². The van der Waals surface area contributed by atoms with Crippen molar-refractivity contribution < 1.29 is 0 Å². The summed E-state index contributed by atoms with van der Waals surface area (Å²) in [4.78, 5) is 20.0. The normalized spacial score (nSPS) is 11.0. The van der Waals surface area contributed by atoms with E-state index < -0.39 is 0 Å². The van der Waals surface area contributed by atoms with Gasteiger partial charge >= 0.3 is 0 Å². The van der Waals surface area contributed by atoms with E-state index in [9.17, 15) is 0 Å². The Morgan fingerprint density at radius 3 is 2.50 bits per heavy atom. The fourth-order valence-corrected chi connectivity index (χ4v) is 2.59. The van der Waals surface area contributed by atoms with Gasteiger partial charge in [0.15, 0.2) is 11.5 Å². The SMILES string of the molecule is Nc1nc(N)c2[nH]c(Cc3ccc(-c4ccccn4)cc3)nc2n1. The van der Waals surface area contributed by atoms with Crippen molar-refractivity contribution in [3.05, 3.63) is 60.0 Å². The lowest BCUT2D eigenvalue weighted by Gasteiger charge is -2.02. The molecule has 0 bridgehead atoms. The van der Waals surface area contributed by atoms with Crippen molar-refractivity contribution in [3.8, 4) is 11.3 Å². The van der Waals surface area contributed by atoms with E-state index in [0.717, 1.165) is 22.6 Å². The van der Waals surface area contributed by atoms with E-state index >= 15 is 0 Å². The average Bonchev–Trinajstić information content (AvgIpc) is 2.99. The second-order valence-corrected chi connectivity index (χ2v) is 5.44. The zero-order valence-corrected chi connectivity index (χ0v) is 12.8. The molecule has 24 heavy (non-hydrogen) atoms. The molecule has 4 rings (SSSR count). The molecule has 0 spiro atoms. The van der Waals surface area contributed by atoms with Gasteiger partial charge in [-0.25, -0.2) is 4.98 Å². The van der Waals surface area contributed by atoms with Crippen LogP contribution in [0.5, 0.6) is 0 Å². The molecule has 5 N–H and O–H groups in total. The Morgan fingerprint density at radius 1 is 0.917 bits per heavy atom. The molecule has 0 saturated heterocycles. The van der Waals surface area contributed by atoms with Gasteiger partial charge in [0, 0.05) is 18.2 Å². The van der Waals surface area contributed by atoms with Gasteiger partial charge in [0.05, 0.1) is 5.69 Å². The predicted molar refractivity (Wildman–Crippen MR) is 93.0 cm³/mol. The summed E-state index contributed by atoms with van der Waals surface area (Å²) in [6.45, 7) is 0. The average molecular weight is 317 g/mol. The van der Waals surface area contributed by atoms with Gasteiger partial charge in [-0.1, -0.05) is 30.3 Å². The molecule has 0 fully saturated rings. The molecule has 4 aromatic rings. The van der Waals surface area contributed by atoms with Crippen LogP contribution in [0.2, 0.25) is 0 Å². The molecule has 0 saturated carbocycles. The van der Waals surface area contributed by atoms with E-state index in [4.69, 9.17) is 11.5 Å². The van der Waals surface area contributed by atoms with Crippen LogP contribution in [0, 0.1) is 0 Å². The van der Waals surface area contributed by atoms with Crippen molar-refractivity contribution in [2.24, 2.45) is 0 Å². The summed E-state index contributed by atoms with van der Waals surface area (Å²) in [5, 5.41) is 0. The number of rotatable bonds is 3. The number of hydrogen-bond acceptors (Lipinski definition) is 6. The van der Waals surface area contributed by atoms with Gasteiger partial charge in [0.1, 0.15) is 11.3 Å². The summed E-state index contributed by atoms with van der Waals surface area (Å²) >= 11 is 0. The fourth-order valence-electron chi connectivity index (χ4n) is 2.59. The number of nitrogens with zero attached hydrogens (tertiary/aromatic N) is 4. The van der Waals surface area contributed by atoms with Crippen LogP contribution in [-0.4, -0.2) is 24.9 Å². The first-order valence-corrected chi connectivity index (χ1v) is 7.47. The maximum atomic E-state index is 5.84. The lowest BCUT2D eigenvalue weighted by atomic mass is 10.1. The number of nitrogen functional groups attached to an aromatic ring is 2. The Balaban J connectivity index is 1.60. The van der Waals surface area contributed by atoms with E-state index in [-0.39, 0.29) is 5.95 Å². The van der Waals surface area contributed by atoms with Gasteiger partial charge < -0.3 is 16.5 Å². The van der Waals surface area contributed by atoms with Crippen molar-refractivity contribution in [3.63, 3.8) is 0 Å². The fraction of sp³-hybridized carbons (Fsp3) is 0.0588. The van der Waals surface area contributed by atoms with Gasteiger partial charge in [0.25, 0.3) is 0 Å². The van der Waals surface area contributed by atoms with Gasteiger partial charge in [-0.05, 0) is 17.7 Å². The zero-order valence-electron chi connectivity index (χ0n) is 12.8. The number of imidazole rings is 1. The zero-order chi connectivity index (χ0) is 16.5. The highest BCUT2D eigenvalue weighted by molar-refractivity contribution is 5.82. The first-order chi connectivity index (χ1) is 11.7. The van der Waals surface area contributed by atoms with Gasteiger partial charge in [-0.3, -0.25) is 4.98 Å². The number of pyridine rings is 1. The summed E-state index contributed by atoms with van der Waals surface area (Å²) in [6.07, 6.45) is 2.42. The van der Waals surface area contributed by atoms with Gasteiger partial charge in [-0.2, -0.15) is 9.97 Å². The van der Waals surface area contributed by atoms with E-state index in [1.54, 1.807) is 6.20 Å². The molecule has 118 valence electrons. The van der Waals surface area contributed by atoms with Gasteiger partial charge in [-0.15, -0.1) is 0 Å². The number of benzene rings is 1. The van der Waals surface area contributed by atoms with Crippen molar-refractivity contribution in [2.75, 3.05) is 11.5 Å². The van der Waals surface area contributed by atoms with Crippen molar-refractivity contribution in [2.45, 2.75) is 6.42 Å². The summed E-state index contributed by atoms with van der Waals surface area (Å²) in [6, 6.07) is 14.1. The predicted octanol–water partition coefficient (Wildman–Crippen LogP) is 2.17. The van der Waals surface area contributed by atoms with Crippen LogP contribution >= 0.6 is 0 Å². The van der Waals surface area contributed by atoms with E-state index in [1.165, 1.54) is 0 Å². The third kappa shape index (κ3) is 2.63. The topological polar surface area (TPSA) is 119 Å². The first-order valence-electron chi connectivity index (χ1n) is 7.47. The van der Waals surface area contributed by atoms with Crippen LogP contribution in [0.3, 0.4) is 0 Å². The minimum Gasteiger partial charge on any atom is -0.382 e. The molecular weight excluding hydrogens is 302 g/mol. The molecule has 1 aromatic carbocycles. The summed E-state index contributed by atoms with van der Waals surface area (Å²) in [5.41, 5.74) is 15.7. The van der Waals surface area contributed by atoms with Crippen LogP contribution in [0.4, 0.5) is 11.8 Å². The molecule has 7 heteroatoms. The Hall–Kier alpha value is -3.48. The van der Waals surface area contributed by atoms with E-state index in [2.05, 4.69) is 37.1 Å². The van der Waals surface area contributed by atoms with Gasteiger partial charge in [0.2, 0.25) is 5.95 Å². The van der Waals surface area contributed by atoms with Crippen LogP contribution in [0.25, 0.3) is 22.4 Å². The molecule has 0 atom stereocenters. The Kier molecular flexibility index (Phi) is 3.31. The number of hydrogen-bond donors (Lipinski definition) is 3.